The van der Waals surface area contributed by atoms with Gasteiger partial charge in [0.15, 0.2) is 0 Å². The molecule has 3 rings (SSSR count). The summed E-state index contributed by atoms with van der Waals surface area (Å²) in [6.07, 6.45) is 0.304. The molecule has 0 bridgehead atoms. The van der Waals surface area contributed by atoms with Gasteiger partial charge in [-0.15, -0.1) is 0 Å². The van der Waals surface area contributed by atoms with Crippen molar-refractivity contribution in [3.63, 3.8) is 0 Å². The quantitative estimate of drug-likeness (QED) is 0.844. The number of hydrogen-bond donors (Lipinski definition) is 0. The standard InChI is InChI=1S/C18H21NO/c1-15-14-19(12-13-20-15)18(16-8-4-2-5-9-16)17-10-6-3-7-11-17/h2-11,15,18H,12-14H2,1H3. The number of ether oxygens (including phenoxy) is 1. The molecule has 0 amide bonds. The van der Waals surface area contributed by atoms with E-state index in [1.807, 2.05) is 0 Å². The van der Waals surface area contributed by atoms with Crippen molar-refractivity contribution >= 4 is 0 Å². The van der Waals surface area contributed by atoms with Gasteiger partial charge < -0.3 is 4.74 Å². The monoisotopic (exact) mass is 267 g/mol. The van der Waals surface area contributed by atoms with Crippen LogP contribution < -0.4 is 0 Å². The zero-order valence-corrected chi connectivity index (χ0v) is 11.9. The normalized spacial score (nSPS) is 20.2. The predicted molar refractivity (Wildman–Crippen MR) is 81.7 cm³/mol. The number of benzene rings is 2. The van der Waals surface area contributed by atoms with Crippen molar-refractivity contribution in [2.75, 3.05) is 19.7 Å². The van der Waals surface area contributed by atoms with Gasteiger partial charge in [0.05, 0.1) is 18.8 Å². The van der Waals surface area contributed by atoms with Crippen molar-refractivity contribution in [3.8, 4) is 0 Å². The van der Waals surface area contributed by atoms with E-state index in [0.29, 0.717) is 12.1 Å². The molecule has 2 nitrogen and oxygen atoms in total. The summed E-state index contributed by atoms with van der Waals surface area (Å²) in [4.78, 5) is 2.53. The Morgan fingerprint density at radius 3 is 2.00 bits per heavy atom. The molecule has 104 valence electrons. The smallest absolute Gasteiger partial charge is 0.0674 e. The molecule has 0 spiro atoms. The maximum absolute atomic E-state index is 5.69. The summed E-state index contributed by atoms with van der Waals surface area (Å²) in [6, 6.07) is 21.8. The van der Waals surface area contributed by atoms with Crippen molar-refractivity contribution in [1.82, 2.24) is 4.90 Å². The van der Waals surface area contributed by atoms with Crippen LogP contribution in [0.4, 0.5) is 0 Å². The highest BCUT2D eigenvalue weighted by Gasteiger charge is 2.26. The van der Waals surface area contributed by atoms with Gasteiger partial charge in [0.2, 0.25) is 0 Å². The summed E-state index contributed by atoms with van der Waals surface area (Å²) < 4.78 is 5.69. The summed E-state index contributed by atoms with van der Waals surface area (Å²) in [5.41, 5.74) is 2.71. The van der Waals surface area contributed by atoms with E-state index in [2.05, 4.69) is 72.5 Å². The molecule has 1 unspecified atom stereocenters. The van der Waals surface area contributed by atoms with E-state index < -0.39 is 0 Å². The third-order valence-corrected chi connectivity index (χ3v) is 3.87. The molecule has 2 aromatic carbocycles. The van der Waals surface area contributed by atoms with Crippen LogP contribution in [0, 0.1) is 0 Å². The van der Waals surface area contributed by atoms with E-state index in [4.69, 9.17) is 4.74 Å². The van der Waals surface area contributed by atoms with Gasteiger partial charge in [0.25, 0.3) is 0 Å². The molecule has 2 aromatic rings. The topological polar surface area (TPSA) is 12.5 Å². The van der Waals surface area contributed by atoms with E-state index in [1.54, 1.807) is 0 Å². The Morgan fingerprint density at radius 2 is 1.50 bits per heavy atom. The molecule has 0 radical (unpaired) electrons. The molecule has 1 atom stereocenters. The Morgan fingerprint density at radius 1 is 0.950 bits per heavy atom. The van der Waals surface area contributed by atoms with Crippen LogP contribution in [0.15, 0.2) is 60.7 Å². The van der Waals surface area contributed by atoms with Gasteiger partial charge in [-0.3, -0.25) is 4.90 Å². The molecule has 1 aliphatic rings. The van der Waals surface area contributed by atoms with Gasteiger partial charge in [-0.25, -0.2) is 0 Å². The van der Waals surface area contributed by atoms with Crippen LogP contribution in [-0.4, -0.2) is 30.7 Å². The molecule has 1 aliphatic heterocycles. The molecule has 0 aliphatic carbocycles. The highest BCUT2D eigenvalue weighted by atomic mass is 16.5. The Labute approximate surface area is 121 Å². The molecular weight excluding hydrogens is 246 g/mol. The number of rotatable bonds is 3. The fourth-order valence-corrected chi connectivity index (χ4v) is 2.96. The second-order valence-electron chi connectivity index (χ2n) is 5.40. The van der Waals surface area contributed by atoms with Crippen LogP contribution in [0.2, 0.25) is 0 Å². The first kappa shape index (κ1) is 13.3. The second kappa shape index (κ2) is 6.21. The van der Waals surface area contributed by atoms with Crippen LogP contribution >= 0.6 is 0 Å². The third-order valence-electron chi connectivity index (χ3n) is 3.87. The van der Waals surface area contributed by atoms with Gasteiger partial charge in [-0.05, 0) is 18.1 Å². The van der Waals surface area contributed by atoms with E-state index in [-0.39, 0.29) is 0 Å². The molecule has 1 heterocycles. The largest absolute Gasteiger partial charge is 0.376 e. The van der Waals surface area contributed by atoms with Crippen LogP contribution in [-0.2, 0) is 4.74 Å². The minimum atomic E-state index is 0.304. The van der Waals surface area contributed by atoms with Crippen LogP contribution in [0.25, 0.3) is 0 Å². The lowest BCUT2D eigenvalue weighted by atomic mass is 9.96. The minimum Gasteiger partial charge on any atom is -0.376 e. The highest BCUT2D eigenvalue weighted by Crippen LogP contribution is 2.29. The predicted octanol–water partition coefficient (Wildman–Crippen LogP) is 3.50. The first-order valence-electron chi connectivity index (χ1n) is 7.30. The van der Waals surface area contributed by atoms with Gasteiger partial charge in [0, 0.05) is 13.1 Å². The molecule has 1 fully saturated rings. The zero-order valence-electron chi connectivity index (χ0n) is 11.9. The minimum absolute atomic E-state index is 0.304. The SMILES string of the molecule is CC1CN(C(c2ccccc2)c2ccccc2)CCO1. The lowest BCUT2D eigenvalue weighted by molar-refractivity contribution is -0.0288. The van der Waals surface area contributed by atoms with Crippen molar-refractivity contribution < 1.29 is 4.74 Å². The van der Waals surface area contributed by atoms with Crippen LogP contribution in [0.3, 0.4) is 0 Å². The highest BCUT2D eigenvalue weighted by molar-refractivity contribution is 5.31. The summed E-state index contributed by atoms with van der Waals surface area (Å²) >= 11 is 0. The number of morpholine rings is 1. The van der Waals surface area contributed by atoms with Crippen molar-refractivity contribution in [2.24, 2.45) is 0 Å². The average Bonchev–Trinajstić information content (AvgIpc) is 2.50. The maximum atomic E-state index is 5.69. The van der Waals surface area contributed by atoms with Crippen molar-refractivity contribution in [1.29, 1.82) is 0 Å². The summed E-state index contributed by atoms with van der Waals surface area (Å²) in [5, 5.41) is 0. The van der Waals surface area contributed by atoms with Gasteiger partial charge in [0.1, 0.15) is 0 Å². The Bertz CT molecular complexity index is 486. The molecule has 0 N–H and O–H groups in total. The summed E-state index contributed by atoms with van der Waals surface area (Å²) in [5.74, 6) is 0. The molecule has 20 heavy (non-hydrogen) atoms. The molecule has 1 saturated heterocycles. The van der Waals surface area contributed by atoms with Crippen molar-refractivity contribution in [3.05, 3.63) is 71.8 Å². The zero-order chi connectivity index (χ0) is 13.8. The van der Waals surface area contributed by atoms with Gasteiger partial charge in [-0.1, -0.05) is 60.7 Å². The first-order chi connectivity index (χ1) is 9.84. The fraction of sp³-hybridized carbons (Fsp3) is 0.333. The summed E-state index contributed by atoms with van der Waals surface area (Å²) in [7, 11) is 0. The Kier molecular flexibility index (Phi) is 4.14. The number of nitrogens with zero attached hydrogens (tertiary/aromatic N) is 1. The fourth-order valence-electron chi connectivity index (χ4n) is 2.96. The molecule has 0 aromatic heterocycles. The molecular formula is C18H21NO. The van der Waals surface area contributed by atoms with E-state index in [1.165, 1.54) is 11.1 Å². The van der Waals surface area contributed by atoms with Crippen LogP contribution in [0.1, 0.15) is 24.1 Å². The van der Waals surface area contributed by atoms with Gasteiger partial charge in [-0.2, -0.15) is 0 Å². The first-order valence-corrected chi connectivity index (χ1v) is 7.30. The van der Waals surface area contributed by atoms with Crippen molar-refractivity contribution in [2.45, 2.75) is 19.1 Å². The Balaban J connectivity index is 1.95. The number of hydrogen-bond acceptors (Lipinski definition) is 2. The lowest BCUT2D eigenvalue weighted by Crippen LogP contribution is -2.43. The summed E-state index contributed by atoms with van der Waals surface area (Å²) in [6.45, 7) is 4.93. The maximum Gasteiger partial charge on any atom is 0.0674 e. The van der Waals surface area contributed by atoms with E-state index >= 15 is 0 Å². The van der Waals surface area contributed by atoms with Crippen LogP contribution in [0.5, 0.6) is 0 Å². The van der Waals surface area contributed by atoms with E-state index in [0.717, 1.165) is 19.7 Å². The Hall–Kier alpha value is -1.64. The second-order valence-corrected chi connectivity index (χ2v) is 5.40. The van der Waals surface area contributed by atoms with Gasteiger partial charge >= 0.3 is 0 Å². The average molecular weight is 267 g/mol. The molecule has 2 heteroatoms. The lowest BCUT2D eigenvalue weighted by Gasteiger charge is -2.37. The molecule has 0 saturated carbocycles. The van der Waals surface area contributed by atoms with E-state index in [9.17, 15) is 0 Å². The third kappa shape index (κ3) is 2.92.